The number of hydrazone groups is 1. The molecule has 40 heavy (non-hydrogen) atoms. The Labute approximate surface area is 236 Å². The molecule has 1 amide bonds. The maximum atomic E-state index is 13.6. The molecule has 1 heterocycles. The standard InChI is InChI=1S/C31H34N4O4S/c1-21-7-15-30(16-8-21)40(37,38)34(27-11-13-29(39-6)14-12-27)20-31(36)33-32-19-26-18-24(4)35(25(26)5)28-10-9-22(2)23(3)17-28/h7-19H,20H2,1-6H3,(H,33,36)/b32-19+. The van der Waals surface area contributed by atoms with Crippen LogP contribution >= 0.6 is 0 Å². The molecule has 0 saturated carbocycles. The van der Waals surface area contributed by atoms with Crippen LogP contribution in [0.5, 0.6) is 5.75 Å². The topological polar surface area (TPSA) is 93.0 Å². The Bertz CT molecular complexity index is 1650. The minimum Gasteiger partial charge on any atom is -0.497 e. The number of carbonyl (C=O) groups is 1. The van der Waals surface area contributed by atoms with Crippen molar-refractivity contribution < 1.29 is 17.9 Å². The first-order chi connectivity index (χ1) is 19.0. The molecule has 3 aromatic carbocycles. The number of nitrogens with one attached hydrogen (secondary N) is 1. The van der Waals surface area contributed by atoms with E-state index < -0.39 is 22.5 Å². The summed E-state index contributed by atoms with van der Waals surface area (Å²) in [5, 5.41) is 4.14. The summed E-state index contributed by atoms with van der Waals surface area (Å²) < 4.78 is 35.5. The highest BCUT2D eigenvalue weighted by Gasteiger charge is 2.27. The number of hydrogen-bond donors (Lipinski definition) is 1. The maximum Gasteiger partial charge on any atom is 0.264 e. The van der Waals surface area contributed by atoms with Crippen molar-refractivity contribution in [1.29, 1.82) is 0 Å². The molecule has 1 aromatic heterocycles. The van der Waals surface area contributed by atoms with Crippen molar-refractivity contribution in [3.05, 3.63) is 106 Å². The quantitative estimate of drug-likeness (QED) is 0.221. The third kappa shape index (κ3) is 6.10. The van der Waals surface area contributed by atoms with Gasteiger partial charge in [-0.1, -0.05) is 23.8 Å². The Morgan fingerprint density at radius 3 is 2.23 bits per heavy atom. The fourth-order valence-corrected chi connectivity index (χ4v) is 5.84. The van der Waals surface area contributed by atoms with Crippen LogP contribution in [0.25, 0.3) is 5.69 Å². The smallest absolute Gasteiger partial charge is 0.264 e. The lowest BCUT2D eigenvalue weighted by Gasteiger charge is -2.24. The van der Waals surface area contributed by atoms with Crippen LogP contribution in [-0.4, -0.2) is 38.8 Å². The molecule has 9 heteroatoms. The molecule has 0 aliphatic carbocycles. The van der Waals surface area contributed by atoms with Gasteiger partial charge in [0.15, 0.2) is 0 Å². The highest BCUT2D eigenvalue weighted by molar-refractivity contribution is 7.92. The van der Waals surface area contributed by atoms with Crippen molar-refractivity contribution in [3.8, 4) is 11.4 Å². The van der Waals surface area contributed by atoms with Gasteiger partial charge < -0.3 is 9.30 Å². The molecule has 8 nitrogen and oxygen atoms in total. The molecular weight excluding hydrogens is 524 g/mol. The first kappa shape index (κ1) is 28.6. The number of nitrogens with zero attached hydrogens (tertiary/aromatic N) is 3. The number of ether oxygens (including phenoxy) is 1. The number of methoxy groups -OCH3 is 1. The van der Waals surface area contributed by atoms with Crippen molar-refractivity contribution in [1.82, 2.24) is 9.99 Å². The Morgan fingerprint density at radius 1 is 0.925 bits per heavy atom. The Hall–Kier alpha value is -4.37. The largest absolute Gasteiger partial charge is 0.497 e. The van der Waals surface area contributed by atoms with Gasteiger partial charge in [-0.2, -0.15) is 5.10 Å². The van der Waals surface area contributed by atoms with Crippen LogP contribution in [0.2, 0.25) is 0 Å². The summed E-state index contributed by atoms with van der Waals surface area (Å²) in [5.41, 5.74) is 10.1. The molecule has 0 aliphatic heterocycles. The summed E-state index contributed by atoms with van der Waals surface area (Å²) in [7, 11) is -2.50. The van der Waals surface area contributed by atoms with E-state index in [9.17, 15) is 13.2 Å². The minimum absolute atomic E-state index is 0.0870. The normalized spacial score (nSPS) is 11.6. The third-order valence-corrected chi connectivity index (χ3v) is 8.66. The van der Waals surface area contributed by atoms with Crippen molar-refractivity contribution in [3.63, 3.8) is 0 Å². The third-order valence-electron chi connectivity index (χ3n) is 6.87. The van der Waals surface area contributed by atoms with Gasteiger partial charge in [-0.05, 0) is 100 Å². The van der Waals surface area contributed by atoms with Crippen molar-refractivity contribution in [2.45, 2.75) is 39.5 Å². The number of hydrogen-bond acceptors (Lipinski definition) is 5. The van der Waals surface area contributed by atoms with E-state index in [0.29, 0.717) is 11.4 Å². The molecule has 0 unspecified atom stereocenters. The van der Waals surface area contributed by atoms with E-state index in [1.165, 1.54) is 30.4 Å². The molecular formula is C31H34N4O4S. The first-order valence-electron chi connectivity index (χ1n) is 12.8. The summed E-state index contributed by atoms with van der Waals surface area (Å²) in [4.78, 5) is 13.0. The predicted molar refractivity (Wildman–Crippen MR) is 159 cm³/mol. The van der Waals surface area contributed by atoms with Gasteiger partial charge in [0.1, 0.15) is 12.3 Å². The average Bonchev–Trinajstić information content (AvgIpc) is 3.21. The molecule has 4 rings (SSSR count). The summed E-state index contributed by atoms with van der Waals surface area (Å²) in [6.45, 7) is 9.59. The number of aromatic nitrogens is 1. The van der Waals surface area contributed by atoms with E-state index >= 15 is 0 Å². The highest BCUT2D eigenvalue weighted by Crippen LogP contribution is 2.26. The van der Waals surface area contributed by atoms with E-state index in [-0.39, 0.29) is 4.90 Å². The summed E-state index contributed by atoms with van der Waals surface area (Å²) in [6, 6.07) is 21.3. The van der Waals surface area contributed by atoms with Gasteiger partial charge in [0.25, 0.3) is 15.9 Å². The fourth-order valence-electron chi connectivity index (χ4n) is 4.42. The highest BCUT2D eigenvalue weighted by atomic mass is 32.2. The molecule has 0 bridgehead atoms. The number of carbonyl (C=O) groups excluding carboxylic acids is 1. The van der Waals surface area contributed by atoms with E-state index in [0.717, 1.165) is 32.5 Å². The van der Waals surface area contributed by atoms with Crippen LogP contribution in [0, 0.1) is 34.6 Å². The molecule has 0 aliphatic rings. The Balaban J connectivity index is 1.56. The van der Waals surface area contributed by atoms with Gasteiger partial charge in [-0.3, -0.25) is 9.10 Å². The van der Waals surface area contributed by atoms with Gasteiger partial charge in [0, 0.05) is 22.6 Å². The molecule has 1 N–H and O–H groups in total. The number of amides is 1. The molecule has 0 atom stereocenters. The second-order valence-electron chi connectivity index (χ2n) is 9.75. The van der Waals surface area contributed by atoms with Gasteiger partial charge in [0.2, 0.25) is 0 Å². The molecule has 0 spiro atoms. The lowest BCUT2D eigenvalue weighted by atomic mass is 10.1. The number of rotatable bonds is 9. The molecule has 0 radical (unpaired) electrons. The van der Waals surface area contributed by atoms with Crippen LogP contribution in [-0.2, 0) is 14.8 Å². The fraction of sp³-hybridized carbons (Fsp3) is 0.226. The monoisotopic (exact) mass is 558 g/mol. The lowest BCUT2D eigenvalue weighted by Crippen LogP contribution is -2.39. The number of sulfonamides is 1. The number of aryl methyl sites for hydroxylation is 4. The van der Waals surface area contributed by atoms with Crippen molar-refractivity contribution >= 4 is 27.8 Å². The van der Waals surface area contributed by atoms with Crippen LogP contribution < -0.4 is 14.5 Å². The number of anilines is 1. The SMILES string of the molecule is COc1ccc(N(CC(=O)N/N=C/c2cc(C)n(-c3ccc(C)c(C)c3)c2C)S(=O)(=O)c2ccc(C)cc2)cc1. The van der Waals surface area contributed by atoms with Crippen LogP contribution in [0.15, 0.2) is 82.8 Å². The summed E-state index contributed by atoms with van der Waals surface area (Å²) in [6.07, 6.45) is 1.57. The average molecular weight is 559 g/mol. The zero-order chi connectivity index (χ0) is 29.0. The Kier molecular flexibility index (Phi) is 8.44. The van der Waals surface area contributed by atoms with Crippen LogP contribution in [0.1, 0.15) is 33.6 Å². The van der Waals surface area contributed by atoms with Crippen LogP contribution in [0.3, 0.4) is 0 Å². The van der Waals surface area contributed by atoms with Crippen molar-refractivity contribution in [2.24, 2.45) is 5.10 Å². The predicted octanol–water partition coefficient (Wildman–Crippen LogP) is 5.37. The zero-order valence-corrected chi connectivity index (χ0v) is 24.4. The zero-order valence-electron chi connectivity index (χ0n) is 23.6. The van der Waals surface area contributed by atoms with Crippen molar-refractivity contribution in [2.75, 3.05) is 18.0 Å². The second-order valence-corrected chi connectivity index (χ2v) is 11.6. The van der Waals surface area contributed by atoms with Crippen LogP contribution in [0.4, 0.5) is 5.69 Å². The first-order valence-corrected chi connectivity index (χ1v) is 14.3. The Morgan fingerprint density at radius 2 is 1.60 bits per heavy atom. The van der Waals surface area contributed by atoms with Gasteiger partial charge in [0.05, 0.1) is 23.9 Å². The summed E-state index contributed by atoms with van der Waals surface area (Å²) >= 11 is 0. The minimum atomic E-state index is -4.03. The van der Waals surface area contributed by atoms with E-state index in [1.54, 1.807) is 42.6 Å². The molecule has 0 fully saturated rings. The van der Waals surface area contributed by atoms with E-state index in [4.69, 9.17) is 4.74 Å². The summed E-state index contributed by atoms with van der Waals surface area (Å²) in [5.74, 6) is -0.00500. The number of benzene rings is 3. The van der Waals surface area contributed by atoms with E-state index in [2.05, 4.69) is 47.1 Å². The lowest BCUT2D eigenvalue weighted by molar-refractivity contribution is -0.119. The van der Waals surface area contributed by atoms with Gasteiger partial charge in [-0.25, -0.2) is 13.8 Å². The van der Waals surface area contributed by atoms with E-state index in [1.807, 2.05) is 26.8 Å². The molecule has 0 saturated heterocycles. The van der Waals surface area contributed by atoms with Gasteiger partial charge >= 0.3 is 0 Å². The molecule has 208 valence electrons. The second kappa shape index (κ2) is 11.8. The van der Waals surface area contributed by atoms with Gasteiger partial charge in [-0.15, -0.1) is 0 Å². The molecule has 4 aromatic rings. The maximum absolute atomic E-state index is 13.6.